The van der Waals surface area contributed by atoms with Gasteiger partial charge < -0.3 is 10.2 Å². The smallest absolute Gasteiger partial charge is 0.261 e. The Morgan fingerprint density at radius 3 is 2.34 bits per heavy atom. The normalized spacial score (nSPS) is 12.4. The summed E-state index contributed by atoms with van der Waals surface area (Å²) in [5.74, 6) is -0.764. The third-order valence-electron chi connectivity index (χ3n) is 5.02. The molecule has 32 heavy (non-hydrogen) atoms. The first-order chi connectivity index (χ1) is 15.2. The van der Waals surface area contributed by atoms with E-state index >= 15 is 0 Å². The van der Waals surface area contributed by atoms with Gasteiger partial charge in [-0.2, -0.15) is 0 Å². The number of aryl methyl sites for hydroxylation is 1. The Bertz CT molecular complexity index is 1200. The molecule has 0 saturated carbocycles. The van der Waals surface area contributed by atoms with E-state index in [9.17, 15) is 17.6 Å². The molecule has 0 unspecified atom stereocenters. The number of amides is 1. The maximum atomic E-state index is 13.6. The second-order valence-corrected chi connectivity index (χ2v) is 9.43. The topological polar surface area (TPSA) is 78.5 Å². The van der Waals surface area contributed by atoms with Crippen LogP contribution in [-0.2, 0) is 10.0 Å². The summed E-state index contributed by atoms with van der Waals surface area (Å²) in [5.41, 5.74) is 2.40. The van der Waals surface area contributed by atoms with Crippen molar-refractivity contribution in [1.29, 1.82) is 0 Å². The second kappa shape index (κ2) is 9.93. The Labute approximate surface area is 188 Å². The molecule has 1 amide bonds. The number of nitrogens with zero attached hydrogens (tertiary/aromatic N) is 1. The molecule has 0 radical (unpaired) electrons. The maximum absolute atomic E-state index is 13.6. The third-order valence-corrected chi connectivity index (χ3v) is 6.40. The van der Waals surface area contributed by atoms with E-state index in [1.165, 1.54) is 30.3 Å². The molecule has 0 aliphatic heterocycles. The molecule has 2 N–H and O–H groups in total. The fourth-order valence-electron chi connectivity index (χ4n) is 3.24. The largest absolute Gasteiger partial charge is 0.350 e. The molecule has 3 aromatic rings. The SMILES string of the molecule is Cc1ccc(NS(=O)(=O)c2cccc(C(=O)NC[C@@H](c3cccc(F)c3)N(C)C)c2)cc1. The predicted octanol–water partition coefficient (Wildman–Crippen LogP) is 3.97. The first-order valence-corrected chi connectivity index (χ1v) is 11.5. The number of sulfonamides is 1. The Morgan fingerprint density at radius 2 is 1.69 bits per heavy atom. The zero-order valence-corrected chi connectivity index (χ0v) is 19.0. The number of rotatable bonds is 8. The molecule has 0 fully saturated rings. The highest BCUT2D eigenvalue weighted by molar-refractivity contribution is 7.92. The van der Waals surface area contributed by atoms with Gasteiger partial charge >= 0.3 is 0 Å². The van der Waals surface area contributed by atoms with Crippen molar-refractivity contribution >= 4 is 21.6 Å². The summed E-state index contributed by atoms with van der Waals surface area (Å²) in [5, 5.41) is 2.81. The van der Waals surface area contributed by atoms with Crippen LogP contribution in [0.15, 0.2) is 77.7 Å². The van der Waals surface area contributed by atoms with Crippen LogP contribution in [0.2, 0.25) is 0 Å². The van der Waals surface area contributed by atoms with Crippen LogP contribution in [0, 0.1) is 12.7 Å². The molecule has 168 valence electrons. The van der Waals surface area contributed by atoms with Crippen LogP contribution < -0.4 is 10.0 Å². The third kappa shape index (κ3) is 5.93. The fourth-order valence-corrected chi connectivity index (χ4v) is 4.35. The highest BCUT2D eigenvalue weighted by Gasteiger charge is 2.19. The number of hydrogen-bond donors (Lipinski definition) is 2. The van der Waals surface area contributed by atoms with Gasteiger partial charge in [-0.3, -0.25) is 9.52 Å². The molecule has 0 aliphatic rings. The molecule has 3 rings (SSSR count). The number of carbonyl (C=O) groups excluding carboxylic acids is 1. The molecule has 3 aromatic carbocycles. The molecule has 1 atom stereocenters. The van der Waals surface area contributed by atoms with E-state index in [4.69, 9.17) is 0 Å². The Hall–Kier alpha value is -3.23. The van der Waals surface area contributed by atoms with Gasteiger partial charge in [0.15, 0.2) is 0 Å². The van der Waals surface area contributed by atoms with Crippen molar-refractivity contribution in [1.82, 2.24) is 10.2 Å². The van der Waals surface area contributed by atoms with E-state index in [2.05, 4.69) is 10.0 Å². The zero-order chi connectivity index (χ0) is 23.3. The summed E-state index contributed by atoms with van der Waals surface area (Å²) >= 11 is 0. The molecule has 0 spiro atoms. The summed E-state index contributed by atoms with van der Waals surface area (Å²) in [6.07, 6.45) is 0. The number of benzene rings is 3. The highest BCUT2D eigenvalue weighted by Crippen LogP contribution is 2.20. The average Bonchev–Trinajstić information content (AvgIpc) is 2.75. The predicted molar refractivity (Wildman–Crippen MR) is 124 cm³/mol. The lowest BCUT2D eigenvalue weighted by Crippen LogP contribution is -2.34. The van der Waals surface area contributed by atoms with Gasteiger partial charge in [-0.25, -0.2) is 12.8 Å². The van der Waals surface area contributed by atoms with Gasteiger partial charge in [0.1, 0.15) is 5.82 Å². The fraction of sp³-hybridized carbons (Fsp3) is 0.208. The number of halogens is 1. The van der Waals surface area contributed by atoms with E-state index in [1.54, 1.807) is 30.3 Å². The van der Waals surface area contributed by atoms with Crippen molar-refractivity contribution in [2.24, 2.45) is 0 Å². The van der Waals surface area contributed by atoms with Crippen molar-refractivity contribution in [2.75, 3.05) is 25.4 Å². The number of anilines is 1. The summed E-state index contributed by atoms with van der Waals surface area (Å²) in [7, 11) is -0.177. The monoisotopic (exact) mass is 455 g/mol. The van der Waals surface area contributed by atoms with Crippen LogP contribution in [0.4, 0.5) is 10.1 Å². The lowest BCUT2D eigenvalue weighted by molar-refractivity contribution is 0.0941. The molecule has 0 bridgehead atoms. The average molecular weight is 456 g/mol. The van der Waals surface area contributed by atoms with E-state index in [0.717, 1.165) is 11.1 Å². The first-order valence-electron chi connectivity index (χ1n) is 10.1. The number of carbonyl (C=O) groups is 1. The Balaban J connectivity index is 1.73. The number of nitrogens with one attached hydrogen (secondary N) is 2. The second-order valence-electron chi connectivity index (χ2n) is 7.74. The van der Waals surface area contributed by atoms with Crippen LogP contribution >= 0.6 is 0 Å². The van der Waals surface area contributed by atoms with E-state index in [1.807, 2.05) is 38.1 Å². The Kier molecular flexibility index (Phi) is 7.27. The molecule has 0 aliphatic carbocycles. The van der Waals surface area contributed by atoms with Crippen molar-refractivity contribution in [3.05, 3.63) is 95.3 Å². The Morgan fingerprint density at radius 1 is 1.00 bits per heavy atom. The molecular weight excluding hydrogens is 429 g/mol. The van der Waals surface area contributed by atoms with Crippen LogP contribution in [0.3, 0.4) is 0 Å². The van der Waals surface area contributed by atoms with Gasteiger partial charge in [-0.1, -0.05) is 35.9 Å². The number of likely N-dealkylation sites (N-methyl/N-ethyl adjacent to an activating group) is 1. The van der Waals surface area contributed by atoms with Crippen molar-refractivity contribution in [3.8, 4) is 0 Å². The molecular formula is C24H26FN3O3S. The van der Waals surface area contributed by atoms with Crippen LogP contribution in [0.1, 0.15) is 27.5 Å². The van der Waals surface area contributed by atoms with Crippen molar-refractivity contribution in [2.45, 2.75) is 17.9 Å². The lowest BCUT2D eigenvalue weighted by Gasteiger charge is -2.25. The van der Waals surface area contributed by atoms with E-state index < -0.39 is 15.9 Å². The summed E-state index contributed by atoms with van der Waals surface area (Å²) in [4.78, 5) is 14.6. The van der Waals surface area contributed by atoms with E-state index in [-0.39, 0.29) is 28.9 Å². The van der Waals surface area contributed by atoms with Crippen molar-refractivity contribution < 1.29 is 17.6 Å². The standard InChI is InChI=1S/C24H26FN3O3S/c1-17-10-12-21(13-11-17)27-32(30,31)22-9-5-7-19(15-22)24(29)26-16-23(28(2)3)18-6-4-8-20(25)14-18/h4-15,23,27H,16H2,1-3H3,(H,26,29)/t23-/m0/s1. The first kappa shape index (κ1) is 23.4. The van der Waals surface area contributed by atoms with Crippen LogP contribution in [-0.4, -0.2) is 39.9 Å². The molecule has 0 saturated heterocycles. The highest BCUT2D eigenvalue weighted by atomic mass is 32.2. The molecule has 0 aromatic heterocycles. The maximum Gasteiger partial charge on any atom is 0.261 e. The lowest BCUT2D eigenvalue weighted by atomic mass is 10.1. The summed E-state index contributed by atoms with van der Waals surface area (Å²) in [6.45, 7) is 2.14. The molecule has 0 heterocycles. The molecule has 8 heteroatoms. The van der Waals surface area contributed by atoms with Crippen LogP contribution in [0.25, 0.3) is 0 Å². The van der Waals surface area contributed by atoms with Gasteiger partial charge in [-0.05, 0) is 69.0 Å². The summed E-state index contributed by atoms with van der Waals surface area (Å²) in [6, 6.07) is 18.8. The quantitative estimate of drug-likeness (QED) is 0.539. The minimum atomic E-state index is -3.85. The number of hydrogen-bond acceptors (Lipinski definition) is 4. The van der Waals surface area contributed by atoms with Gasteiger partial charge in [0.05, 0.1) is 10.9 Å². The zero-order valence-electron chi connectivity index (χ0n) is 18.2. The van der Waals surface area contributed by atoms with Gasteiger partial charge in [-0.15, -0.1) is 0 Å². The van der Waals surface area contributed by atoms with E-state index in [0.29, 0.717) is 5.69 Å². The van der Waals surface area contributed by atoms with Crippen LogP contribution in [0.5, 0.6) is 0 Å². The minimum absolute atomic E-state index is 0.0139. The van der Waals surface area contributed by atoms with Gasteiger partial charge in [0.25, 0.3) is 15.9 Å². The van der Waals surface area contributed by atoms with Crippen molar-refractivity contribution in [3.63, 3.8) is 0 Å². The molecule has 6 nitrogen and oxygen atoms in total. The van der Waals surface area contributed by atoms with Gasteiger partial charge in [0.2, 0.25) is 0 Å². The summed E-state index contributed by atoms with van der Waals surface area (Å²) < 4.78 is 41.6. The van der Waals surface area contributed by atoms with Gasteiger partial charge in [0, 0.05) is 17.8 Å². The minimum Gasteiger partial charge on any atom is -0.350 e.